The maximum Gasteiger partial charge on any atom is 0.331 e. The molecule has 0 aromatic heterocycles. The molecule has 0 aliphatic heterocycles. The molecule has 0 aliphatic rings. The number of methoxy groups -OCH3 is 1. The molecule has 0 heterocycles. The van der Waals surface area contributed by atoms with Crippen LogP contribution < -0.4 is 0 Å². The molecular weight excluding hydrogens is 256 g/mol. The van der Waals surface area contributed by atoms with Gasteiger partial charge in [-0.15, -0.1) is 0 Å². The molecule has 0 fully saturated rings. The Bertz CT molecular complexity index is 242. The van der Waals surface area contributed by atoms with Crippen molar-refractivity contribution < 1.29 is 33.3 Å². The molecular formula is C12H22O7. The number of esters is 1. The largest absolute Gasteiger partial charge is 0.467 e. The fraction of sp³-hybridized carbons (Fsp3) is 0.833. The lowest BCUT2D eigenvalue weighted by Crippen LogP contribution is -2.15. The molecule has 0 atom stereocenters. The fourth-order valence-electron chi connectivity index (χ4n) is 0.988. The first kappa shape index (κ1) is 18.0. The van der Waals surface area contributed by atoms with Crippen molar-refractivity contribution in [3.05, 3.63) is 0 Å². The predicted molar refractivity (Wildman–Crippen MR) is 66.0 cm³/mol. The number of carbonyl (C=O) groups excluding carboxylic acids is 2. The molecule has 7 heteroatoms. The number of carbonyl (C=O) groups is 2. The summed E-state index contributed by atoms with van der Waals surface area (Å²) in [6, 6.07) is 0. The van der Waals surface area contributed by atoms with Gasteiger partial charge in [-0.1, -0.05) is 0 Å². The zero-order valence-corrected chi connectivity index (χ0v) is 11.5. The van der Waals surface area contributed by atoms with Crippen LogP contribution in [0.3, 0.4) is 0 Å². The normalized spacial score (nSPS) is 10.4. The number of Topliss-reactive ketones (excluding diaryl/α,β-unsaturated/α-hetero) is 1. The van der Waals surface area contributed by atoms with Crippen molar-refractivity contribution in [2.24, 2.45) is 0 Å². The van der Waals surface area contributed by atoms with Gasteiger partial charge in [0, 0.05) is 0 Å². The molecule has 0 N–H and O–H groups in total. The second-order valence-corrected chi connectivity index (χ2v) is 3.61. The van der Waals surface area contributed by atoms with E-state index in [0.717, 1.165) is 0 Å². The minimum absolute atomic E-state index is 0.00436. The molecule has 0 spiro atoms. The number of hydrogen-bond acceptors (Lipinski definition) is 7. The first-order valence-electron chi connectivity index (χ1n) is 6.04. The number of rotatable bonds is 13. The van der Waals surface area contributed by atoms with Gasteiger partial charge in [0.1, 0.15) is 13.2 Å². The molecule has 0 radical (unpaired) electrons. The highest BCUT2D eigenvalue weighted by atomic mass is 16.6. The Kier molecular flexibility index (Phi) is 12.7. The molecule has 0 unspecified atom stereocenters. The summed E-state index contributed by atoms with van der Waals surface area (Å²) in [6.45, 7) is 3.95. The highest BCUT2D eigenvalue weighted by Crippen LogP contribution is 1.84. The first-order chi connectivity index (χ1) is 9.16. The van der Waals surface area contributed by atoms with Crippen molar-refractivity contribution in [1.29, 1.82) is 0 Å². The van der Waals surface area contributed by atoms with E-state index in [0.29, 0.717) is 39.6 Å². The van der Waals surface area contributed by atoms with Crippen molar-refractivity contribution in [2.45, 2.75) is 6.92 Å². The van der Waals surface area contributed by atoms with Crippen molar-refractivity contribution >= 4 is 11.8 Å². The van der Waals surface area contributed by atoms with Gasteiger partial charge in [0.15, 0.2) is 5.78 Å². The van der Waals surface area contributed by atoms with Crippen LogP contribution in [0.5, 0.6) is 0 Å². The zero-order valence-electron chi connectivity index (χ0n) is 11.5. The van der Waals surface area contributed by atoms with E-state index in [1.807, 2.05) is 0 Å². The molecule has 0 saturated heterocycles. The van der Waals surface area contributed by atoms with Crippen LogP contribution in [0.25, 0.3) is 0 Å². The summed E-state index contributed by atoms with van der Waals surface area (Å²) in [5.74, 6) is -0.413. The number of hydrogen-bond donors (Lipinski definition) is 0. The van der Waals surface area contributed by atoms with Gasteiger partial charge in [0.25, 0.3) is 0 Å². The zero-order chi connectivity index (χ0) is 14.3. The van der Waals surface area contributed by atoms with E-state index >= 15 is 0 Å². The van der Waals surface area contributed by atoms with E-state index < -0.39 is 5.97 Å². The highest BCUT2D eigenvalue weighted by Gasteiger charge is 1.98. The Balaban J connectivity index is 3.03. The molecule has 0 amide bonds. The second kappa shape index (κ2) is 13.4. The van der Waals surface area contributed by atoms with Gasteiger partial charge in [-0.25, -0.2) is 4.79 Å². The first-order valence-corrected chi connectivity index (χ1v) is 6.04. The van der Waals surface area contributed by atoms with Gasteiger partial charge in [0.2, 0.25) is 0 Å². The minimum Gasteiger partial charge on any atom is -0.467 e. The van der Waals surface area contributed by atoms with Gasteiger partial charge < -0.3 is 23.7 Å². The van der Waals surface area contributed by atoms with Crippen molar-refractivity contribution in [3.8, 4) is 0 Å². The Morgan fingerprint density at radius 3 is 1.58 bits per heavy atom. The summed E-state index contributed by atoms with van der Waals surface area (Å²) in [6.07, 6.45) is 0. The van der Waals surface area contributed by atoms with Crippen molar-refractivity contribution in [2.75, 3.05) is 60.0 Å². The van der Waals surface area contributed by atoms with Crippen LogP contribution in [0, 0.1) is 0 Å². The van der Waals surface area contributed by atoms with Crippen LogP contribution >= 0.6 is 0 Å². The smallest absolute Gasteiger partial charge is 0.331 e. The average Bonchev–Trinajstić information content (AvgIpc) is 2.39. The molecule has 7 nitrogen and oxygen atoms in total. The van der Waals surface area contributed by atoms with E-state index in [1.54, 1.807) is 0 Å². The average molecular weight is 278 g/mol. The van der Waals surface area contributed by atoms with E-state index in [9.17, 15) is 9.59 Å². The summed E-state index contributed by atoms with van der Waals surface area (Å²) in [4.78, 5) is 21.2. The minimum atomic E-state index is -0.408. The molecule has 0 rings (SSSR count). The van der Waals surface area contributed by atoms with E-state index in [-0.39, 0.29) is 19.0 Å². The van der Waals surface area contributed by atoms with Crippen LogP contribution in [0.1, 0.15) is 6.92 Å². The standard InChI is InChI=1S/C12H22O7/c1-11(13)9-18-7-5-16-3-4-17-6-8-19-10-12(14)15-2/h3-10H2,1-2H3. The highest BCUT2D eigenvalue weighted by molar-refractivity contribution is 5.76. The SMILES string of the molecule is COC(=O)COCCOCCOCCOCC(C)=O. The van der Waals surface area contributed by atoms with Gasteiger partial charge in [0.05, 0.1) is 46.8 Å². The van der Waals surface area contributed by atoms with Crippen molar-refractivity contribution in [3.63, 3.8) is 0 Å². The van der Waals surface area contributed by atoms with Gasteiger partial charge in [-0.05, 0) is 6.92 Å². The van der Waals surface area contributed by atoms with Crippen LogP contribution in [0.2, 0.25) is 0 Å². The lowest BCUT2D eigenvalue weighted by Gasteiger charge is -2.06. The topological polar surface area (TPSA) is 80.3 Å². The van der Waals surface area contributed by atoms with Crippen LogP contribution in [-0.2, 0) is 33.3 Å². The third-order valence-electron chi connectivity index (χ3n) is 1.87. The fourth-order valence-corrected chi connectivity index (χ4v) is 0.988. The predicted octanol–water partition coefficient (Wildman–Crippen LogP) is -0.185. The molecule has 19 heavy (non-hydrogen) atoms. The summed E-state index contributed by atoms with van der Waals surface area (Å²) < 4.78 is 24.8. The number of ketones is 1. The molecule has 0 aliphatic carbocycles. The summed E-state index contributed by atoms with van der Waals surface area (Å²) in [5, 5.41) is 0. The van der Waals surface area contributed by atoms with Gasteiger partial charge in [-0.2, -0.15) is 0 Å². The lowest BCUT2D eigenvalue weighted by molar-refractivity contribution is -0.146. The van der Waals surface area contributed by atoms with E-state index in [4.69, 9.17) is 18.9 Å². The van der Waals surface area contributed by atoms with Gasteiger partial charge >= 0.3 is 5.97 Å². The third-order valence-corrected chi connectivity index (χ3v) is 1.87. The molecule has 0 aromatic rings. The van der Waals surface area contributed by atoms with E-state index in [1.165, 1.54) is 14.0 Å². The van der Waals surface area contributed by atoms with Gasteiger partial charge in [-0.3, -0.25) is 4.79 Å². The molecule has 0 bridgehead atoms. The Morgan fingerprint density at radius 2 is 1.16 bits per heavy atom. The quantitative estimate of drug-likeness (QED) is 0.341. The number of ether oxygens (including phenoxy) is 5. The Hall–Kier alpha value is -1.02. The lowest BCUT2D eigenvalue weighted by atomic mass is 10.5. The maximum absolute atomic E-state index is 10.7. The van der Waals surface area contributed by atoms with Crippen molar-refractivity contribution in [1.82, 2.24) is 0 Å². The summed E-state index contributed by atoms with van der Waals surface area (Å²) in [7, 11) is 1.31. The maximum atomic E-state index is 10.7. The second-order valence-electron chi connectivity index (χ2n) is 3.61. The Labute approximate surface area is 113 Å². The third kappa shape index (κ3) is 14.9. The molecule has 0 saturated carbocycles. The van der Waals surface area contributed by atoms with E-state index in [2.05, 4.69) is 4.74 Å². The summed E-state index contributed by atoms with van der Waals surface area (Å²) in [5.41, 5.74) is 0. The molecule has 112 valence electrons. The molecule has 0 aromatic carbocycles. The Morgan fingerprint density at radius 1 is 0.737 bits per heavy atom. The summed E-state index contributed by atoms with van der Waals surface area (Å²) >= 11 is 0. The van der Waals surface area contributed by atoms with Crippen LogP contribution in [0.15, 0.2) is 0 Å². The van der Waals surface area contributed by atoms with Crippen LogP contribution in [-0.4, -0.2) is 71.7 Å². The van der Waals surface area contributed by atoms with Crippen LogP contribution in [0.4, 0.5) is 0 Å². The monoisotopic (exact) mass is 278 g/mol.